The zero-order chi connectivity index (χ0) is 15.0. The number of rotatable bonds is 3. The van der Waals surface area contributed by atoms with Gasteiger partial charge in [0.25, 0.3) is 0 Å². The number of ketones is 1. The molecule has 0 aliphatic carbocycles. The van der Waals surface area contributed by atoms with E-state index in [4.69, 9.17) is 11.6 Å². The maximum absolute atomic E-state index is 12.6. The van der Waals surface area contributed by atoms with Crippen LogP contribution in [0.4, 0.5) is 0 Å². The average molecular weight is 298 g/mol. The predicted octanol–water partition coefficient (Wildman–Crippen LogP) is 4.66. The number of carbonyl (C=O) groups is 1. The van der Waals surface area contributed by atoms with Crippen LogP contribution in [0.2, 0.25) is 0 Å². The summed E-state index contributed by atoms with van der Waals surface area (Å²) in [6, 6.07) is 17.9. The molecule has 106 valence electrons. The van der Waals surface area contributed by atoms with Gasteiger partial charge in [-0.15, -0.1) is 11.6 Å². The second-order valence-corrected chi connectivity index (χ2v) is 5.80. The van der Waals surface area contributed by atoms with E-state index in [0.717, 1.165) is 22.2 Å². The fraction of sp³-hybridized carbons (Fsp3) is 0.167. The number of carbonyl (C=O) groups excluding carboxylic acids is 1. The third-order valence-electron chi connectivity index (χ3n) is 3.76. The van der Waals surface area contributed by atoms with Crippen molar-refractivity contribution in [3.05, 3.63) is 60.2 Å². The minimum Gasteiger partial charge on any atom is -0.343 e. The number of hydrogen-bond donors (Lipinski definition) is 0. The Balaban J connectivity index is 2.40. The molecule has 0 fully saturated rings. The third kappa shape index (κ3) is 2.26. The molecular formula is C18H16ClNO. The number of halogens is 1. The highest BCUT2D eigenvalue weighted by atomic mass is 35.5. The van der Waals surface area contributed by atoms with Gasteiger partial charge in [0.2, 0.25) is 0 Å². The van der Waals surface area contributed by atoms with E-state index in [1.165, 1.54) is 0 Å². The molecule has 0 radical (unpaired) electrons. The SMILES string of the molecule is CC(Cl)C(=O)c1c(-c2ccccc2)n(C)c2ccccc12. The maximum Gasteiger partial charge on any atom is 0.183 e. The lowest BCUT2D eigenvalue weighted by molar-refractivity contribution is 0.0994. The van der Waals surface area contributed by atoms with Crippen molar-refractivity contribution in [2.24, 2.45) is 7.05 Å². The minimum absolute atomic E-state index is 0.0349. The number of benzene rings is 2. The minimum atomic E-state index is -0.543. The van der Waals surface area contributed by atoms with Crippen molar-refractivity contribution >= 4 is 28.3 Å². The number of aryl methyl sites for hydroxylation is 1. The van der Waals surface area contributed by atoms with Crippen molar-refractivity contribution in [2.45, 2.75) is 12.3 Å². The lowest BCUT2D eigenvalue weighted by atomic mass is 10.0. The number of fused-ring (bicyclic) bond motifs is 1. The number of para-hydroxylation sites is 1. The first-order chi connectivity index (χ1) is 10.1. The lowest BCUT2D eigenvalue weighted by Crippen LogP contribution is -2.11. The van der Waals surface area contributed by atoms with E-state index in [0.29, 0.717) is 5.56 Å². The Morgan fingerprint density at radius 3 is 2.33 bits per heavy atom. The summed E-state index contributed by atoms with van der Waals surface area (Å²) in [5.41, 5.74) is 3.70. The molecular weight excluding hydrogens is 282 g/mol. The highest BCUT2D eigenvalue weighted by Crippen LogP contribution is 2.34. The van der Waals surface area contributed by atoms with E-state index in [1.54, 1.807) is 6.92 Å². The van der Waals surface area contributed by atoms with Gasteiger partial charge in [0.05, 0.1) is 16.6 Å². The van der Waals surface area contributed by atoms with Crippen molar-refractivity contribution in [2.75, 3.05) is 0 Å². The summed E-state index contributed by atoms with van der Waals surface area (Å²) >= 11 is 6.07. The number of nitrogens with zero attached hydrogens (tertiary/aromatic N) is 1. The van der Waals surface area contributed by atoms with Crippen LogP contribution >= 0.6 is 11.6 Å². The average Bonchev–Trinajstić information content (AvgIpc) is 2.81. The van der Waals surface area contributed by atoms with Crippen LogP contribution in [0.3, 0.4) is 0 Å². The van der Waals surface area contributed by atoms with Crippen molar-refractivity contribution in [1.29, 1.82) is 0 Å². The fourth-order valence-corrected chi connectivity index (χ4v) is 2.88. The molecule has 2 nitrogen and oxygen atoms in total. The zero-order valence-corrected chi connectivity index (χ0v) is 12.8. The topological polar surface area (TPSA) is 22.0 Å². The van der Waals surface area contributed by atoms with Gasteiger partial charge in [-0.3, -0.25) is 4.79 Å². The van der Waals surface area contributed by atoms with Crippen molar-refractivity contribution < 1.29 is 4.79 Å². The molecule has 21 heavy (non-hydrogen) atoms. The Labute approximate surface area is 129 Å². The molecule has 0 spiro atoms. The molecule has 1 atom stereocenters. The molecule has 0 aliphatic rings. The Kier molecular flexibility index (Phi) is 3.56. The van der Waals surface area contributed by atoms with Crippen LogP contribution in [0.15, 0.2) is 54.6 Å². The van der Waals surface area contributed by atoms with Gasteiger partial charge >= 0.3 is 0 Å². The summed E-state index contributed by atoms with van der Waals surface area (Å²) in [7, 11) is 1.99. The van der Waals surface area contributed by atoms with E-state index in [9.17, 15) is 4.79 Å². The van der Waals surface area contributed by atoms with Crippen LogP contribution in [0.1, 0.15) is 17.3 Å². The second kappa shape index (κ2) is 5.38. The van der Waals surface area contributed by atoms with Crippen LogP contribution in [0.5, 0.6) is 0 Å². The fourth-order valence-electron chi connectivity index (χ4n) is 2.78. The van der Waals surface area contributed by atoms with E-state index in [2.05, 4.69) is 4.57 Å². The van der Waals surface area contributed by atoms with Crippen molar-refractivity contribution in [1.82, 2.24) is 4.57 Å². The van der Waals surface area contributed by atoms with Gasteiger partial charge in [-0.05, 0) is 18.6 Å². The van der Waals surface area contributed by atoms with Crippen LogP contribution in [0, 0.1) is 0 Å². The monoisotopic (exact) mass is 297 g/mol. The van der Waals surface area contributed by atoms with Crippen molar-refractivity contribution in [3.63, 3.8) is 0 Å². The van der Waals surface area contributed by atoms with Crippen LogP contribution in [0.25, 0.3) is 22.2 Å². The van der Waals surface area contributed by atoms with Crippen molar-refractivity contribution in [3.8, 4) is 11.3 Å². The summed E-state index contributed by atoms with van der Waals surface area (Å²) < 4.78 is 2.07. The smallest absolute Gasteiger partial charge is 0.183 e. The zero-order valence-electron chi connectivity index (χ0n) is 12.0. The van der Waals surface area contributed by atoms with E-state index < -0.39 is 5.38 Å². The molecule has 1 unspecified atom stereocenters. The molecule has 0 saturated heterocycles. The van der Waals surface area contributed by atoms with Gasteiger partial charge in [-0.1, -0.05) is 48.5 Å². The molecule has 0 N–H and O–H groups in total. The molecule has 2 aromatic carbocycles. The van der Waals surface area contributed by atoms with E-state index >= 15 is 0 Å². The quantitative estimate of drug-likeness (QED) is 0.509. The Morgan fingerprint density at radius 2 is 1.67 bits per heavy atom. The Bertz CT molecular complexity index is 803. The highest BCUT2D eigenvalue weighted by Gasteiger charge is 2.24. The summed E-state index contributed by atoms with van der Waals surface area (Å²) in [4.78, 5) is 12.6. The normalized spacial score (nSPS) is 12.5. The first-order valence-corrected chi connectivity index (χ1v) is 7.36. The van der Waals surface area contributed by atoms with Gasteiger partial charge in [-0.25, -0.2) is 0 Å². The molecule has 0 bridgehead atoms. The molecule has 1 aromatic heterocycles. The first kappa shape index (κ1) is 13.9. The summed E-state index contributed by atoms with van der Waals surface area (Å²) in [6.07, 6.45) is 0. The molecule has 0 aliphatic heterocycles. The number of Topliss-reactive ketones (excluding diaryl/α,β-unsaturated/α-hetero) is 1. The van der Waals surface area contributed by atoms with E-state index in [1.807, 2.05) is 61.6 Å². The van der Waals surface area contributed by atoms with Gasteiger partial charge in [-0.2, -0.15) is 0 Å². The standard InChI is InChI=1S/C18H16ClNO/c1-12(19)18(21)16-14-10-6-7-11-15(14)20(2)17(16)13-8-4-3-5-9-13/h3-12H,1-2H3. The van der Waals surface area contributed by atoms with Gasteiger partial charge < -0.3 is 4.57 Å². The number of alkyl halides is 1. The molecule has 0 amide bonds. The summed E-state index contributed by atoms with van der Waals surface area (Å²) in [5.74, 6) is -0.0349. The number of hydrogen-bond acceptors (Lipinski definition) is 1. The Hall–Kier alpha value is -2.06. The number of aromatic nitrogens is 1. The molecule has 3 aromatic rings. The summed E-state index contributed by atoms with van der Waals surface area (Å²) in [5, 5.41) is 0.412. The second-order valence-electron chi connectivity index (χ2n) is 5.15. The molecule has 1 heterocycles. The molecule has 3 heteroatoms. The van der Waals surface area contributed by atoms with Gasteiger partial charge in [0.1, 0.15) is 0 Å². The van der Waals surface area contributed by atoms with Gasteiger partial charge in [0, 0.05) is 18.0 Å². The predicted molar refractivity (Wildman–Crippen MR) is 88.0 cm³/mol. The summed E-state index contributed by atoms with van der Waals surface area (Å²) in [6.45, 7) is 1.72. The Morgan fingerprint density at radius 1 is 1.05 bits per heavy atom. The van der Waals surface area contributed by atoms with Crippen LogP contribution < -0.4 is 0 Å². The lowest BCUT2D eigenvalue weighted by Gasteiger charge is -2.08. The molecule has 3 rings (SSSR count). The first-order valence-electron chi connectivity index (χ1n) is 6.92. The highest BCUT2D eigenvalue weighted by molar-refractivity contribution is 6.36. The van der Waals surface area contributed by atoms with E-state index in [-0.39, 0.29) is 5.78 Å². The largest absolute Gasteiger partial charge is 0.343 e. The van der Waals surface area contributed by atoms with Crippen LogP contribution in [-0.4, -0.2) is 15.7 Å². The van der Waals surface area contributed by atoms with Gasteiger partial charge in [0.15, 0.2) is 5.78 Å². The third-order valence-corrected chi connectivity index (χ3v) is 3.96. The molecule has 0 saturated carbocycles. The maximum atomic E-state index is 12.6. The van der Waals surface area contributed by atoms with Crippen LogP contribution in [-0.2, 0) is 7.05 Å².